The second kappa shape index (κ2) is 5.51. The maximum atomic E-state index is 11.5. The predicted molar refractivity (Wildman–Crippen MR) is 93.8 cm³/mol. The molecule has 0 amide bonds. The molecule has 3 nitrogen and oxygen atoms in total. The van der Waals surface area contributed by atoms with E-state index in [2.05, 4.69) is 31.2 Å². The quantitative estimate of drug-likeness (QED) is 0.754. The van der Waals surface area contributed by atoms with Gasteiger partial charge in [0.2, 0.25) is 0 Å². The Morgan fingerprint density at radius 3 is 2.88 bits per heavy atom. The van der Waals surface area contributed by atoms with Crippen molar-refractivity contribution in [3.63, 3.8) is 0 Å². The zero-order chi connectivity index (χ0) is 16.9. The third-order valence-electron chi connectivity index (χ3n) is 6.00. The Morgan fingerprint density at radius 2 is 2.12 bits per heavy atom. The minimum atomic E-state index is -0.165. The van der Waals surface area contributed by atoms with E-state index in [9.17, 15) is 4.79 Å². The molecule has 0 saturated heterocycles. The van der Waals surface area contributed by atoms with Crippen LogP contribution in [-0.2, 0) is 16.0 Å². The zero-order valence-electron chi connectivity index (χ0n) is 14.6. The largest absolute Gasteiger partial charge is 0.497 e. The number of methoxy groups -OCH3 is 1. The van der Waals surface area contributed by atoms with Gasteiger partial charge in [-0.15, -0.1) is 0 Å². The van der Waals surface area contributed by atoms with Gasteiger partial charge in [0.25, 0.3) is 0 Å². The summed E-state index contributed by atoms with van der Waals surface area (Å²) in [5, 5.41) is 0. The number of allylic oxidation sites excluding steroid dienone is 3. The first-order valence-electron chi connectivity index (χ1n) is 8.80. The fourth-order valence-electron chi connectivity index (χ4n) is 4.78. The number of ether oxygens (including phenoxy) is 2. The van der Waals surface area contributed by atoms with E-state index < -0.39 is 0 Å². The molecular weight excluding hydrogens is 300 g/mol. The van der Waals surface area contributed by atoms with Gasteiger partial charge in [0, 0.05) is 12.3 Å². The lowest BCUT2D eigenvalue weighted by molar-refractivity contribution is -0.152. The van der Waals surface area contributed by atoms with Crippen LogP contribution in [0.4, 0.5) is 0 Å². The Balaban J connectivity index is 1.73. The summed E-state index contributed by atoms with van der Waals surface area (Å²) in [6.07, 6.45) is 7.37. The van der Waals surface area contributed by atoms with Gasteiger partial charge in [-0.25, -0.2) is 0 Å². The van der Waals surface area contributed by atoms with Crippen molar-refractivity contribution >= 4 is 11.5 Å². The van der Waals surface area contributed by atoms with E-state index in [0.29, 0.717) is 0 Å². The van der Waals surface area contributed by atoms with Gasteiger partial charge in [-0.05, 0) is 72.1 Å². The van der Waals surface area contributed by atoms with Crippen LogP contribution in [0.1, 0.15) is 50.7 Å². The number of carbonyl (C=O) groups is 1. The van der Waals surface area contributed by atoms with E-state index in [1.54, 1.807) is 7.11 Å². The molecule has 0 aliphatic heterocycles. The van der Waals surface area contributed by atoms with Gasteiger partial charge in [0.05, 0.1) is 7.11 Å². The van der Waals surface area contributed by atoms with Crippen molar-refractivity contribution < 1.29 is 14.3 Å². The van der Waals surface area contributed by atoms with Gasteiger partial charge in [-0.3, -0.25) is 4.79 Å². The van der Waals surface area contributed by atoms with Crippen LogP contribution in [0.5, 0.6) is 5.75 Å². The number of hydrogen-bond acceptors (Lipinski definition) is 3. The number of rotatable bonds is 2. The molecule has 0 spiro atoms. The lowest BCUT2D eigenvalue weighted by atomic mass is 9.62. The third-order valence-corrected chi connectivity index (χ3v) is 6.00. The van der Waals surface area contributed by atoms with Crippen molar-refractivity contribution in [1.29, 1.82) is 0 Å². The number of fused-ring (bicyclic) bond motifs is 4. The third kappa shape index (κ3) is 2.21. The van der Waals surface area contributed by atoms with E-state index in [0.717, 1.165) is 37.9 Å². The van der Waals surface area contributed by atoms with Gasteiger partial charge in [0.1, 0.15) is 11.9 Å². The van der Waals surface area contributed by atoms with Crippen LogP contribution in [0.15, 0.2) is 35.4 Å². The Labute approximate surface area is 143 Å². The zero-order valence-corrected chi connectivity index (χ0v) is 14.6. The molecule has 0 saturated carbocycles. The molecule has 1 aromatic rings. The Morgan fingerprint density at radius 1 is 1.29 bits per heavy atom. The van der Waals surface area contributed by atoms with Gasteiger partial charge in [-0.1, -0.05) is 19.1 Å². The summed E-state index contributed by atoms with van der Waals surface area (Å²) in [5.41, 5.74) is 7.05. The average molecular weight is 324 g/mol. The molecule has 0 radical (unpaired) electrons. The summed E-state index contributed by atoms with van der Waals surface area (Å²) < 4.78 is 11.1. The summed E-state index contributed by atoms with van der Waals surface area (Å²) in [6, 6.07) is 6.42. The van der Waals surface area contributed by atoms with E-state index >= 15 is 0 Å². The van der Waals surface area contributed by atoms with Crippen LogP contribution >= 0.6 is 0 Å². The van der Waals surface area contributed by atoms with Crippen molar-refractivity contribution in [1.82, 2.24) is 0 Å². The highest BCUT2D eigenvalue weighted by molar-refractivity contribution is 5.82. The van der Waals surface area contributed by atoms with Crippen molar-refractivity contribution in [2.75, 3.05) is 7.11 Å². The molecule has 126 valence electrons. The van der Waals surface area contributed by atoms with E-state index in [1.807, 2.05) is 0 Å². The fourth-order valence-corrected chi connectivity index (χ4v) is 4.78. The second-order valence-corrected chi connectivity index (χ2v) is 7.37. The molecule has 1 aromatic carbocycles. The Kier molecular flexibility index (Phi) is 3.56. The molecular formula is C21H24O3. The lowest BCUT2D eigenvalue weighted by Gasteiger charge is -2.45. The molecule has 0 bridgehead atoms. The number of carbonyl (C=O) groups excluding carboxylic acids is 1. The van der Waals surface area contributed by atoms with Gasteiger partial charge in [0.15, 0.2) is 0 Å². The molecule has 0 N–H and O–H groups in total. The van der Waals surface area contributed by atoms with Crippen molar-refractivity contribution in [3.05, 3.63) is 46.5 Å². The molecule has 0 heterocycles. The van der Waals surface area contributed by atoms with Crippen LogP contribution in [0, 0.1) is 5.41 Å². The maximum Gasteiger partial charge on any atom is 0.302 e. The topological polar surface area (TPSA) is 35.5 Å². The van der Waals surface area contributed by atoms with Gasteiger partial charge >= 0.3 is 5.97 Å². The first-order chi connectivity index (χ1) is 11.5. The first-order valence-corrected chi connectivity index (χ1v) is 8.80. The minimum Gasteiger partial charge on any atom is -0.497 e. The maximum absolute atomic E-state index is 11.5. The van der Waals surface area contributed by atoms with Crippen molar-refractivity contribution in [2.45, 2.75) is 52.1 Å². The molecule has 3 aliphatic rings. The summed E-state index contributed by atoms with van der Waals surface area (Å²) in [7, 11) is 1.72. The summed E-state index contributed by atoms with van der Waals surface area (Å²) >= 11 is 0. The van der Waals surface area contributed by atoms with Crippen LogP contribution in [-0.4, -0.2) is 19.2 Å². The smallest absolute Gasteiger partial charge is 0.302 e. The molecule has 0 aromatic heterocycles. The summed E-state index contributed by atoms with van der Waals surface area (Å²) in [6.45, 7) is 3.80. The lowest BCUT2D eigenvalue weighted by Crippen LogP contribution is -2.41. The number of benzene rings is 1. The molecule has 2 atom stereocenters. The first kappa shape index (κ1) is 15.5. The number of hydrogen-bond donors (Lipinski definition) is 0. The summed E-state index contributed by atoms with van der Waals surface area (Å²) in [5.74, 6) is 0.758. The molecule has 24 heavy (non-hydrogen) atoms. The highest BCUT2D eigenvalue weighted by Gasteiger charge is 2.47. The molecule has 0 unspecified atom stereocenters. The fraction of sp³-hybridized carbons (Fsp3) is 0.476. The SMILES string of the molecule is COc1ccc2c(c1)CC1=C2CC[C@@]2(C)C1=CCC[C@H]2OC(C)=O. The van der Waals surface area contributed by atoms with Crippen LogP contribution in [0.25, 0.3) is 5.57 Å². The molecule has 3 aliphatic carbocycles. The van der Waals surface area contributed by atoms with Crippen LogP contribution in [0.2, 0.25) is 0 Å². The van der Waals surface area contributed by atoms with Crippen LogP contribution < -0.4 is 4.74 Å². The highest BCUT2D eigenvalue weighted by atomic mass is 16.5. The molecule has 4 rings (SSSR count). The monoisotopic (exact) mass is 324 g/mol. The van der Waals surface area contributed by atoms with E-state index in [1.165, 1.54) is 34.8 Å². The van der Waals surface area contributed by atoms with E-state index in [4.69, 9.17) is 9.47 Å². The average Bonchev–Trinajstić information content (AvgIpc) is 2.92. The Hall–Kier alpha value is -2.03. The Bertz CT molecular complexity index is 771. The van der Waals surface area contributed by atoms with Crippen molar-refractivity contribution in [3.8, 4) is 5.75 Å². The van der Waals surface area contributed by atoms with Gasteiger partial charge < -0.3 is 9.47 Å². The summed E-state index contributed by atoms with van der Waals surface area (Å²) in [4.78, 5) is 11.5. The highest BCUT2D eigenvalue weighted by Crippen LogP contribution is 2.55. The second-order valence-electron chi connectivity index (χ2n) is 7.37. The molecule has 0 fully saturated rings. The number of esters is 1. The van der Waals surface area contributed by atoms with E-state index in [-0.39, 0.29) is 17.5 Å². The van der Waals surface area contributed by atoms with Crippen LogP contribution in [0.3, 0.4) is 0 Å². The minimum absolute atomic E-state index is 0.00213. The standard InChI is InChI=1S/C21H24O3/c1-13(22)24-20-6-4-5-19-18-12-14-11-15(23-3)7-8-16(14)17(18)9-10-21(19,20)2/h5,7-8,11,20H,4,6,9-10,12H2,1-3H3/t20-,21+/m1/s1. The predicted octanol–water partition coefficient (Wildman–Crippen LogP) is 4.46. The normalized spacial score (nSPS) is 27.8. The van der Waals surface area contributed by atoms with Crippen molar-refractivity contribution in [2.24, 2.45) is 5.41 Å². The molecule has 3 heteroatoms. The van der Waals surface area contributed by atoms with Gasteiger partial charge in [-0.2, -0.15) is 0 Å².